The minimum absolute atomic E-state index is 0.124. The van der Waals surface area contributed by atoms with E-state index in [9.17, 15) is 9.59 Å². The van der Waals surface area contributed by atoms with Crippen LogP contribution in [0.1, 0.15) is 22.1 Å². The van der Waals surface area contributed by atoms with Crippen LogP contribution in [0.25, 0.3) is 0 Å². The number of fused-ring (bicyclic) bond motifs is 1. The van der Waals surface area contributed by atoms with E-state index in [1.54, 1.807) is 4.68 Å². The van der Waals surface area contributed by atoms with Crippen LogP contribution in [0.4, 0.5) is 4.79 Å². The Labute approximate surface area is 161 Å². The molecule has 10 heteroatoms. The average molecular weight is 387 g/mol. The van der Waals surface area contributed by atoms with E-state index in [1.165, 1.54) is 13.3 Å². The summed E-state index contributed by atoms with van der Waals surface area (Å²) in [6, 6.07) is 8.89. The molecule has 1 aromatic carbocycles. The van der Waals surface area contributed by atoms with Crippen molar-refractivity contribution in [1.82, 2.24) is 25.6 Å². The van der Waals surface area contributed by atoms with Crippen LogP contribution in [0.3, 0.4) is 0 Å². The first-order valence-electron chi connectivity index (χ1n) is 8.97. The number of urea groups is 1. The Kier molecular flexibility index (Phi) is 5.22. The highest BCUT2D eigenvalue weighted by Gasteiger charge is 2.49. The van der Waals surface area contributed by atoms with Gasteiger partial charge in [-0.3, -0.25) is 0 Å². The van der Waals surface area contributed by atoms with Crippen molar-refractivity contribution in [3.8, 4) is 0 Å². The molecular formula is C18H21N5O5. The van der Waals surface area contributed by atoms with E-state index in [2.05, 4.69) is 25.7 Å². The van der Waals surface area contributed by atoms with Gasteiger partial charge in [-0.2, -0.15) is 0 Å². The number of nitrogens with zero attached hydrogens (tertiary/aromatic N) is 3. The molecule has 0 aliphatic carbocycles. The number of carbonyl (C=O) groups excluding carboxylic acids is 2. The highest BCUT2D eigenvalue weighted by atomic mass is 16.6. The van der Waals surface area contributed by atoms with Crippen LogP contribution >= 0.6 is 0 Å². The molecule has 148 valence electrons. The first-order chi connectivity index (χ1) is 13.7. The average Bonchev–Trinajstić information content (AvgIpc) is 3.44. The van der Waals surface area contributed by atoms with Gasteiger partial charge in [0.25, 0.3) is 0 Å². The zero-order valence-electron chi connectivity index (χ0n) is 15.3. The van der Waals surface area contributed by atoms with Crippen molar-refractivity contribution in [2.45, 2.75) is 30.8 Å². The third-order valence-electron chi connectivity index (χ3n) is 4.88. The van der Waals surface area contributed by atoms with E-state index in [-0.39, 0.29) is 36.0 Å². The van der Waals surface area contributed by atoms with Gasteiger partial charge in [0, 0.05) is 6.54 Å². The summed E-state index contributed by atoms with van der Waals surface area (Å²) >= 11 is 0. The molecule has 2 aromatic rings. The minimum Gasteiger partial charge on any atom is -0.464 e. The summed E-state index contributed by atoms with van der Waals surface area (Å²) in [6.45, 7) is 1.12. The molecule has 0 saturated carbocycles. The summed E-state index contributed by atoms with van der Waals surface area (Å²) in [4.78, 5) is 23.8. The number of hydrogen-bond donors (Lipinski definition) is 2. The lowest BCUT2D eigenvalue weighted by Crippen LogP contribution is -2.48. The smallest absolute Gasteiger partial charge is 0.360 e. The number of benzene rings is 1. The monoisotopic (exact) mass is 387 g/mol. The Morgan fingerprint density at radius 1 is 1.21 bits per heavy atom. The van der Waals surface area contributed by atoms with Crippen molar-refractivity contribution in [3.63, 3.8) is 0 Å². The van der Waals surface area contributed by atoms with E-state index >= 15 is 0 Å². The molecule has 10 nitrogen and oxygen atoms in total. The molecule has 2 saturated heterocycles. The second-order valence-electron chi connectivity index (χ2n) is 6.66. The molecule has 0 unspecified atom stereocenters. The summed E-state index contributed by atoms with van der Waals surface area (Å²) < 4.78 is 17.9. The molecular weight excluding hydrogens is 366 g/mol. The molecule has 0 spiro atoms. The van der Waals surface area contributed by atoms with Crippen molar-refractivity contribution in [2.75, 3.05) is 20.3 Å². The molecule has 28 heavy (non-hydrogen) atoms. The quantitative estimate of drug-likeness (QED) is 0.708. The number of hydrogen-bond acceptors (Lipinski definition) is 7. The van der Waals surface area contributed by atoms with Crippen LogP contribution in [0, 0.1) is 0 Å². The third kappa shape index (κ3) is 3.69. The predicted octanol–water partition coefficient (Wildman–Crippen LogP) is 0.271. The van der Waals surface area contributed by atoms with Crippen molar-refractivity contribution in [1.29, 1.82) is 0 Å². The Bertz CT molecular complexity index is 842. The number of rotatable bonds is 5. The predicted molar refractivity (Wildman–Crippen MR) is 95.5 cm³/mol. The van der Waals surface area contributed by atoms with E-state index in [0.29, 0.717) is 19.8 Å². The van der Waals surface area contributed by atoms with Gasteiger partial charge >= 0.3 is 12.0 Å². The summed E-state index contributed by atoms with van der Waals surface area (Å²) in [5.41, 5.74) is 1.14. The SMILES string of the molecule is COC(=O)c1cn([C@H]2CO[C@H]3[C@@H]2OC[C@@H]3NC(=O)NCc2ccccc2)nn1. The van der Waals surface area contributed by atoms with Crippen LogP contribution in [0.2, 0.25) is 0 Å². The molecule has 3 heterocycles. The fourth-order valence-electron chi connectivity index (χ4n) is 3.46. The van der Waals surface area contributed by atoms with Crippen LogP contribution in [-0.4, -0.2) is 65.6 Å². The molecule has 0 radical (unpaired) electrons. The van der Waals surface area contributed by atoms with Crippen molar-refractivity contribution < 1.29 is 23.8 Å². The van der Waals surface area contributed by atoms with E-state index < -0.39 is 5.97 Å². The van der Waals surface area contributed by atoms with Gasteiger partial charge in [0.15, 0.2) is 5.69 Å². The van der Waals surface area contributed by atoms with E-state index in [4.69, 9.17) is 9.47 Å². The lowest BCUT2D eigenvalue weighted by molar-refractivity contribution is 0.0592. The first-order valence-corrected chi connectivity index (χ1v) is 8.97. The fourth-order valence-corrected chi connectivity index (χ4v) is 3.46. The maximum Gasteiger partial charge on any atom is 0.360 e. The normalized spacial score (nSPS) is 25.9. The Balaban J connectivity index is 1.33. The number of nitrogens with one attached hydrogen (secondary N) is 2. The maximum atomic E-state index is 12.2. The zero-order chi connectivity index (χ0) is 19.5. The minimum atomic E-state index is -0.552. The maximum absolute atomic E-state index is 12.2. The molecule has 2 aliphatic heterocycles. The summed E-state index contributed by atoms with van der Waals surface area (Å²) in [6.07, 6.45) is 0.934. The third-order valence-corrected chi connectivity index (χ3v) is 4.88. The Hall–Kier alpha value is -2.98. The number of aromatic nitrogens is 3. The molecule has 4 rings (SSSR count). The number of amides is 2. The lowest BCUT2D eigenvalue weighted by atomic mass is 10.1. The number of carbonyl (C=O) groups is 2. The highest BCUT2D eigenvalue weighted by molar-refractivity contribution is 5.86. The topological polar surface area (TPSA) is 117 Å². The number of esters is 1. The number of ether oxygens (including phenoxy) is 3. The molecule has 2 fully saturated rings. The van der Waals surface area contributed by atoms with Gasteiger partial charge in [-0.15, -0.1) is 5.10 Å². The molecule has 2 N–H and O–H groups in total. The largest absolute Gasteiger partial charge is 0.464 e. The molecule has 2 aliphatic rings. The van der Waals surface area contributed by atoms with Gasteiger partial charge < -0.3 is 24.8 Å². The van der Waals surface area contributed by atoms with Crippen LogP contribution in [-0.2, 0) is 20.8 Å². The van der Waals surface area contributed by atoms with E-state index in [1.807, 2.05) is 30.3 Å². The van der Waals surface area contributed by atoms with E-state index in [0.717, 1.165) is 5.56 Å². The van der Waals surface area contributed by atoms with Gasteiger partial charge in [0.05, 0.1) is 32.6 Å². The second kappa shape index (κ2) is 7.95. The van der Waals surface area contributed by atoms with Gasteiger partial charge in [-0.05, 0) is 5.56 Å². The van der Waals surface area contributed by atoms with Gasteiger partial charge in [0.2, 0.25) is 0 Å². The van der Waals surface area contributed by atoms with Gasteiger partial charge in [0.1, 0.15) is 18.2 Å². The van der Waals surface area contributed by atoms with Gasteiger partial charge in [-0.25, -0.2) is 14.3 Å². The van der Waals surface area contributed by atoms with Crippen molar-refractivity contribution in [2.24, 2.45) is 0 Å². The first kappa shape index (κ1) is 18.4. The lowest BCUT2D eigenvalue weighted by Gasteiger charge is -2.18. The van der Waals surface area contributed by atoms with Crippen LogP contribution in [0.5, 0.6) is 0 Å². The Morgan fingerprint density at radius 2 is 2.00 bits per heavy atom. The molecule has 1 aromatic heterocycles. The summed E-state index contributed by atoms with van der Waals surface area (Å²) in [5.74, 6) is -0.552. The van der Waals surface area contributed by atoms with Crippen molar-refractivity contribution >= 4 is 12.0 Å². The number of methoxy groups -OCH3 is 1. The molecule has 4 atom stereocenters. The summed E-state index contributed by atoms with van der Waals surface area (Å²) in [5, 5.41) is 13.5. The second-order valence-corrected chi connectivity index (χ2v) is 6.66. The fraction of sp³-hybridized carbons (Fsp3) is 0.444. The van der Waals surface area contributed by atoms with Gasteiger partial charge in [-0.1, -0.05) is 35.5 Å². The summed E-state index contributed by atoms with van der Waals surface area (Å²) in [7, 11) is 1.29. The van der Waals surface area contributed by atoms with Crippen LogP contribution in [0.15, 0.2) is 36.5 Å². The zero-order valence-corrected chi connectivity index (χ0v) is 15.3. The Morgan fingerprint density at radius 3 is 2.79 bits per heavy atom. The van der Waals surface area contributed by atoms with Crippen molar-refractivity contribution in [3.05, 3.63) is 47.8 Å². The molecule has 2 amide bonds. The standard InChI is InChI=1S/C18H21N5O5/c1-26-17(24)12-8-23(22-21-12)14-10-28-15-13(9-27-16(14)15)20-18(25)19-7-11-5-3-2-4-6-11/h2-6,8,13-16H,7,9-10H2,1H3,(H2,19,20,25)/t13-,14-,15+,16+/m0/s1. The van der Waals surface area contributed by atoms with Crippen LogP contribution < -0.4 is 10.6 Å². The highest BCUT2D eigenvalue weighted by Crippen LogP contribution is 2.33. The molecule has 0 bridgehead atoms.